The molecule has 2 aromatic rings. The van der Waals surface area contributed by atoms with Gasteiger partial charge in [-0.15, -0.1) is 0 Å². The normalized spacial score (nSPS) is 10.4. The van der Waals surface area contributed by atoms with E-state index in [0.717, 1.165) is 22.1 Å². The number of aromatic hydroxyl groups is 1. The van der Waals surface area contributed by atoms with Crippen LogP contribution >= 0.6 is 11.3 Å². The maximum Gasteiger partial charge on any atom is 0.227 e. The summed E-state index contributed by atoms with van der Waals surface area (Å²) in [5.74, 6) is 0.141. The average molecular weight is 234 g/mol. The molecule has 0 saturated heterocycles. The number of hydrogen-bond donors (Lipinski definition) is 2. The number of thiazole rings is 1. The van der Waals surface area contributed by atoms with Crippen molar-refractivity contribution in [2.45, 2.75) is 20.3 Å². The Morgan fingerprint density at radius 3 is 2.88 bits per heavy atom. The fourth-order valence-electron chi connectivity index (χ4n) is 1.47. The number of rotatable bonds is 3. The van der Waals surface area contributed by atoms with Gasteiger partial charge in [0, 0.05) is 5.69 Å². The van der Waals surface area contributed by atoms with Gasteiger partial charge >= 0.3 is 0 Å². The summed E-state index contributed by atoms with van der Waals surface area (Å²) in [6, 6.07) is 8.06. The molecule has 4 heteroatoms. The highest BCUT2D eigenvalue weighted by Gasteiger charge is 2.07. The fraction of sp³-hybridized carbons (Fsp3) is 0.250. The van der Waals surface area contributed by atoms with Gasteiger partial charge < -0.3 is 10.4 Å². The van der Waals surface area contributed by atoms with Gasteiger partial charge in [0.2, 0.25) is 5.88 Å². The van der Waals surface area contributed by atoms with Gasteiger partial charge in [0.1, 0.15) is 0 Å². The van der Waals surface area contributed by atoms with Gasteiger partial charge in [0.25, 0.3) is 0 Å². The molecule has 0 unspecified atom stereocenters. The Balaban J connectivity index is 2.20. The van der Waals surface area contributed by atoms with Crippen LogP contribution in [0.2, 0.25) is 0 Å². The van der Waals surface area contributed by atoms with E-state index < -0.39 is 0 Å². The van der Waals surface area contributed by atoms with E-state index in [1.807, 2.05) is 38.1 Å². The summed E-state index contributed by atoms with van der Waals surface area (Å²) >= 11 is 1.49. The van der Waals surface area contributed by atoms with E-state index in [9.17, 15) is 5.11 Å². The zero-order chi connectivity index (χ0) is 11.5. The fourth-order valence-corrected chi connectivity index (χ4v) is 2.29. The van der Waals surface area contributed by atoms with Crippen LogP contribution in [0.5, 0.6) is 5.88 Å². The highest BCUT2D eigenvalue weighted by Crippen LogP contribution is 2.30. The van der Waals surface area contributed by atoms with E-state index in [2.05, 4.69) is 10.3 Å². The second-order valence-electron chi connectivity index (χ2n) is 3.61. The van der Waals surface area contributed by atoms with Gasteiger partial charge in [-0.1, -0.05) is 30.4 Å². The van der Waals surface area contributed by atoms with Crippen LogP contribution in [0.25, 0.3) is 0 Å². The summed E-state index contributed by atoms with van der Waals surface area (Å²) in [4.78, 5) is 4.98. The third-order valence-electron chi connectivity index (χ3n) is 2.27. The molecule has 0 aliphatic carbocycles. The largest absolute Gasteiger partial charge is 0.492 e. The Hall–Kier alpha value is -1.55. The first-order valence-electron chi connectivity index (χ1n) is 5.21. The SMILES string of the molecule is CCc1sc(Nc2cccc(C)c2)nc1O. The third-order valence-corrected chi connectivity index (χ3v) is 3.37. The number of nitrogens with zero attached hydrogens (tertiary/aromatic N) is 1. The number of anilines is 2. The highest BCUT2D eigenvalue weighted by molar-refractivity contribution is 7.15. The second-order valence-corrected chi connectivity index (χ2v) is 4.70. The summed E-state index contributed by atoms with van der Waals surface area (Å²) in [5.41, 5.74) is 2.19. The Kier molecular flexibility index (Phi) is 3.10. The van der Waals surface area contributed by atoms with Crippen molar-refractivity contribution in [2.24, 2.45) is 0 Å². The van der Waals surface area contributed by atoms with E-state index in [4.69, 9.17) is 0 Å². The van der Waals surface area contributed by atoms with E-state index in [-0.39, 0.29) is 5.88 Å². The smallest absolute Gasteiger partial charge is 0.227 e. The van der Waals surface area contributed by atoms with E-state index >= 15 is 0 Å². The van der Waals surface area contributed by atoms with Crippen molar-refractivity contribution in [3.63, 3.8) is 0 Å². The Morgan fingerprint density at radius 1 is 1.44 bits per heavy atom. The summed E-state index contributed by atoms with van der Waals surface area (Å²) < 4.78 is 0. The average Bonchev–Trinajstić information content (AvgIpc) is 2.58. The molecule has 0 aliphatic rings. The van der Waals surface area contributed by atoms with Crippen molar-refractivity contribution in [2.75, 3.05) is 5.32 Å². The Morgan fingerprint density at radius 2 is 2.25 bits per heavy atom. The molecular formula is C12H14N2OS. The molecule has 84 valence electrons. The Bertz CT molecular complexity index is 494. The molecule has 1 aromatic carbocycles. The molecule has 0 spiro atoms. The van der Waals surface area contributed by atoms with Crippen LogP contribution in [0.4, 0.5) is 10.8 Å². The van der Waals surface area contributed by atoms with Gasteiger partial charge in [-0.2, -0.15) is 4.98 Å². The zero-order valence-corrected chi connectivity index (χ0v) is 10.1. The molecule has 2 rings (SSSR count). The molecule has 0 atom stereocenters. The van der Waals surface area contributed by atoms with Crippen molar-refractivity contribution in [1.29, 1.82) is 0 Å². The molecule has 1 aromatic heterocycles. The lowest BCUT2D eigenvalue weighted by atomic mass is 10.2. The topological polar surface area (TPSA) is 45.2 Å². The van der Waals surface area contributed by atoms with Gasteiger partial charge in [0.05, 0.1) is 4.88 Å². The van der Waals surface area contributed by atoms with Gasteiger partial charge in [0.15, 0.2) is 5.13 Å². The number of aromatic nitrogens is 1. The number of nitrogens with one attached hydrogen (secondary N) is 1. The molecule has 3 nitrogen and oxygen atoms in total. The van der Waals surface area contributed by atoms with Crippen molar-refractivity contribution in [3.8, 4) is 5.88 Å². The maximum absolute atomic E-state index is 9.52. The number of aryl methyl sites for hydroxylation is 2. The molecule has 16 heavy (non-hydrogen) atoms. The quantitative estimate of drug-likeness (QED) is 0.854. The van der Waals surface area contributed by atoms with Crippen LogP contribution in [0.3, 0.4) is 0 Å². The Labute approximate surface area is 98.8 Å². The van der Waals surface area contributed by atoms with Crippen molar-refractivity contribution in [3.05, 3.63) is 34.7 Å². The lowest BCUT2D eigenvalue weighted by Gasteiger charge is -2.02. The highest BCUT2D eigenvalue weighted by atomic mass is 32.1. The minimum absolute atomic E-state index is 0.141. The summed E-state index contributed by atoms with van der Waals surface area (Å²) in [6.45, 7) is 4.05. The van der Waals surface area contributed by atoms with Gasteiger partial charge in [-0.25, -0.2) is 0 Å². The molecule has 0 amide bonds. The summed E-state index contributed by atoms with van der Waals surface area (Å²) in [6.07, 6.45) is 0.805. The maximum atomic E-state index is 9.52. The standard InChI is InChI=1S/C12H14N2OS/c1-3-10-11(15)14-12(16-10)13-9-6-4-5-8(2)7-9/h4-7,15H,3H2,1-2H3,(H,13,14). The minimum Gasteiger partial charge on any atom is -0.492 e. The van der Waals surface area contributed by atoms with Gasteiger partial charge in [-0.05, 0) is 31.0 Å². The first-order valence-corrected chi connectivity index (χ1v) is 6.03. The molecule has 2 N–H and O–H groups in total. The van der Waals surface area contributed by atoms with Crippen LogP contribution < -0.4 is 5.32 Å². The molecular weight excluding hydrogens is 220 g/mol. The lowest BCUT2D eigenvalue weighted by molar-refractivity contribution is 0.452. The van der Waals surface area contributed by atoms with Crippen LogP contribution in [-0.4, -0.2) is 10.1 Å². The van der Waals surface area contributed by atoms with Crippen LogP contribution in [0.1, 0.15) is 17.4 Å². The molecule has 1 heterocycles. The summed E-state index contributed by atoms with van der Waals surface area (Å²) in [7, 11) is 0. The molecule has 0 radical (unpaired) electrons. The first kappa shape index (κ1) is 11.0. The van der Waals surface area contributed by atoms with Crippen molar-refractivity contribution < 1.29 is 5.11 Å². The lowest BCUT2D eigenvalue weighted by Crippen LogP contribution is -1.88. The molecule has 0 saturated carbocycles. The molecule has 0 bridgehead atoms. The zero-order valence-electron chi connectivity index (χ0n) is 9.32. The van der Waals surface area contributed by atoms with Crippen molar-refractivity contribution >= 4 is 22.2 Å². The predicted octanol–water partition coefficient (Wildman–Crippen LogP) is 3.46. The van der Waals surface area contributed by atoms with E-state index in [1.165, 1.54) is 16.9 Å². The van der Waals surface area contributed by atoms with E-state index in [1.54, 1.807) is 0 Å². The third kappa shape index (κ3) is 2.33. The summed E-state index contributed by atoms with van der Waals surface area (Å²) in [5, 5.41) is 13.4. The van der Waals surface area contributed by atoms with Crippen LogP contribution in [0.15, 0.2) is 24.3 Å². The second kappa shape index (κ2) is 4.53. The number of hydrogen-bond acceptors (Lipinski definition) is 4. The van der Waals surface area contributed by atoms with Crippen LogP contribution in [0, 0.1) is 6.92 Å². The molecule has 0 fully saturated rings. The first-order chi connectivity index (χ1) is 7.69. The van der Waals surface area contributed by atoms with Gasteiger partial charge in [-0.3, -0.25) is 0 Å². The van der Waals surface area contributed by atoms with E-state index in [0.29, 0.717) is 0 Å². The molecule has 0 aliphatic heterocycles. The minimum atomic E-state index is 0.141. The van der Waals surface area contributed by atoms with Crippen LogP contribution in [-0.2, 0) is 6.42 Å². The van der Waals surface area contributed by atoms with Crippen molar-refractivity contribution in [1.82, 2.24) is 4.98 Å². The predicted molar refractivity (Wildman–Crippen MR) is 67.6 cm³/mol. The number of benzene rings is 1. The monoisotopic (exact) mass is 234 g/mol.